The molecule has 0 amide bonds. The van der Waals surface area contributed by atoms with E-state index in [1.807, 2.05) is 24.4 Å². The van der Waals surface area contributed by atoms with Crippen molar-refractivity contribution in [3.8, 4) is 0 Å². The Kier molecular flexibility index (Phi) is 4.38. The molecular formula is C16H18ClN. The van der Waals surface area contributed by atoms with E-state index in [0.717, 1.165) is 17.7 Å². The minimum Gasteiger partial charge on any atom is -0.261 e. The highest BCUT2D eigenvalue weighted by Gasteiger charge is 2.19. The van der Waals surface area contributed by atoms with Crippen LogP contribution in [0.15, 0.2) is 48.7 Å². The van der Waals surface area contributed by atoms with Gasteiger partial charge < -0.3 is 0 Å². The molecule has 2 atom stereocenters. The van der Waals surface area contributed by atoms with E-state index in [1.165, 1.54) is 5.56 Å². The van der Waals surface area contributed by atoms with E-state index in [9.17, 15) is 0 Å². The number of hydrogen-bond acceptors (Lipinski definition) is 1. The SMILES string of the molecule is CCc1ccc(C(Cl)C(C)c2ccccn2)cc1. The summed E-state index contributed by atoms with van der Waals surface area (Å²) in [6.07, 6.45) is 2.87. The number of aromatic nitrogens is 1. The fourth-order valence-corrected chi connectivity index (χ4v) is 2.30. The van der Waals surface area contributed by atoms with Crippen molar-refractivity contribution in [2.75, 3.05) is 0 Å². The molecule has 0 N–H and O–H groups in total. The van der Waals surface area contributed by atoms with Crippen LogP contribution in [0.25, 0.3) is 0 Å². The van der Waals surface area contributed by atoms with E-state index < -0.39 is 0 Å². The van der Waals surface area contributed by atoms with Crippen molar-refractivity contribution in [2.24, 2.45) is 0 Å². The number of halogens is 1. The summed E-state index contributed by atoms with van der Waals surface area (Å²) in [5.74, 6) is 0.209. The van der Waals surface area contributed by atoms with Crippen molar-refractivity contribution in [2.45, 2.75) is 31.6 Å². The van der Waals surface area contributed by atoms with E-state index in [-0.39, 0.29) is 11.3 Å². The fourth-order valence-electron chi connectivity index (χ4n) is 2.02. The van der Waals surface area contributed by atoms with Gasteiger partial charge in [0.05, 0.1) is 5.38 Å². The summed E-state index contributed by atoms with van der Waals surface area (Å²) in [5.41, 5.74) is 3.54. The van der Waals surface area contributed by atoms with Crippen LogP contribution in [-0.2, 0) is 6.42 Å². The van der Waals surface area contributed by atoms with Crippen LogP contribution in [-0.4, -0.2) is 4.98 Å². The topological polar surface area (TPSA) is 12.9 Å². The largest absolute Gasteiger partial charge is 0.261 e. The number of benzene rings is 1. The van der Waals surface area contributed by atoms with Crippen molar-refractivity contribution in [3.05, 3.63) is 65.5 Å². The summed E-state index contributed by atoms with van der Waals surface area (Å²) < 4.78 is 0. The van der Waals surface area contributed by atoms with Gasteiger partial charge in [-0.25, -0.2) is 0 Å². The summed E-state index contributed by atoms with van der Waals surface area (Å²) in [4.78, 5) is 4.37. The van der Waals surface area contributed by atoms with Gasteiger partial charge in [0.2, 0.25) is 0 Å². The van der Waals surface area contributed by atoms with Gasteiger partial charge in [-0.3, -0.25) is 4.98 Å². The third kappa shape index (κ3) is 2.91. The van der Waals surface area contributed by atoms with Crippen LogP contribution >= 0.6 is 11.6 Å². The monoisotopic (exact) mass is 259 g/mol. The first-order chi connectivity index (χ1) is 8.72. The number of nitrogens with zero attached hydrogens (tertiary/aromatic N) is 1. The summed E-state index contributed by atoms with van der Waals surface area (Å²) in [6.45, 7) is 4.28. The van der Waals surface area contributed by atoms with Crippen LogP contribution in [0, 0.1) is 0 Å². The quantitative estimate of drug-likeness (QED) is 0.724. The van der Waals surface area contributed by atoms with Crippen LogP contribution < -0.4 is 0 Å². The Hall–Kier alpha value is -1.34. The molecule has 2 aromatic rings. The molecule has 2 rings (SSSR count). The number of hydrogen-bond donors (Lipinski definition) is 0. The van der Waals surface area contributed by atoms with Crippen molar-refractivity contribution in [1.82, 2.24) is 4.98 Å². The van der Waals surface area contributed by atoms with Gasteiger partial charge in [0.15, 0.2) is 0 Å². The first-order valence-electron chi connectivity index (χ1n) is 6.36. The lowest BCUT2D eigenvalue weighted by molar-refractivity contribution is 0.706. The average Bonchev–Trinajstić information content (AvgIpc) is 2.47. The van der Waals surface area contributed by atoms with Crippen LogP contribution in [0.4, 0.5) is 0 Å². The zero-order valence-corrected chi connectivity index (χ0v) is 11.6. The van der Waals surface area contributed by atoms with Crippen LogP contribution in [0.1, 0.15) is 42.0 Å². The summed E-state index contributed by atoms with van der Waals surface area (Å²) in [7, 11) is 0. The molecule has 0 radical (unpaired) electrons. The Morgan fingerprint density at radius 3 is 2.39 bits per heavy atom. The minimum absolute atomic E-state index is 0.0363. The van der Waals surface area contributed by atoms with Gasteiger partial charge in [-0.15, -0.1) is 11.6 Å². The molecule has 1 aromatic heterocycles. The molecule has 0 saturated heterocycles. The third-order valence-corrected chi connectivity index (χ3v) is 3.93. The number of rotatable bonds is 4. The van der Waals surface area contributed by atoms with Gasteiger partial charge in [0.25, 0.3) is 0 Å². The van der Waals surface area contributed by atoms with E-state index in [4.69, 9.17) is 11.6 Å². The summed E-state index contributed by atoms with van der Waals surface area (Å²) in [6, 6.07) is 14.5. The highest BCUT2D eigenvalue weighted by Crippen LogP contribution is 2.35. The predicted octanol–water partition coefficient (Wildman–Crippen LogP) is 4.73. The van der Waals surface area contributed by atoms with Gasteiger partial charge >= 0.3 is 0 Å². The predicted molar refractivity (Wildman–Crippen MR) is 77.1 cm³/mol. The Labute approximate surface area is 114 Å². The molecule has 1 aromatic carbocycles. The fraction of sp³-hybridized carbons (Fsp3) is 0.312. The van der Waals surface area contributed by atoms with E-state index >= 15 is 0 Å². The molecule has 0 aliphatic carbocycles. The molecule has 0 fully saturated rings. The second-order valence-corrected chi connectivity index (χ2v) is 5.01. The number of pyridine rings is 1. The maximum absolute atomic E-state index is 6.55. The molecule has 0 aliphatic heterocycles. The zero-order chi connectivity index (χ0) is 13.0. The Balaban J connectivity index is 2.17. The standard InChI is InChI=1S/C16H18ClN/c1-3-13-7-9-14(10-8-13)16(17)12(2)15-6-4-5-11-18-15/h4-12,16H,3H2,1-2H3. The van der Waals surface area contributed by atoms with Crippen molar-refractivity contribution >= 4 is 11.6 Å². The van der Waals surface area contributed by atoms with Gasteiger partial charge in [-0.1, -0.05) is 44.2 Å². The van der Waals surface area contributed by atoms with E-state index in [1.54, 1.807) is 0 Å². The van der Waals surface area contributed by atoms with Crippen LogP contribution in [0.5, 0.6) is 0 Å². The maximum atomic E-state index is 6.55. The smallest absolute Gasteiger partial charge is 0.0666 e. The molecule has 2 unspecified atom stereocenters. The van der Waals surface area contributed by atoms with Crippen molar-refractivity contribution in [1.29, 1.82) is 0 Å². The molecule has 0 spiro atoms. The van der Waals surface area contributed by atoms with Crippen molar-refractivity contribution < 1.29 is 0 Å². The molecule has 0 aliphatic rings. The summed E-state index contributed by atoms with van der Waals surface area (Å²) in [5, 5.41) is -0.0363. The normalized spacial score (nSPS) is 14.2. The molecule has 0 bridgehead atoms. The zero-order valence-electron chi connectivity index (χ0n) is 10.8. The lowest BCUT2D eigenvalue weighted by Crippen LogP contribution is -2.04. The molecule has 18 heavy (non-hydrogen) atoms. The van der Waals surface area contributed by atoms with Crippen LogP contribution in [0.3, 0.4) is 0 Å². The molecule has 1 heterocycles. The number of alkyl halides is 1. The first-order valence-corrected chi connectivity index (χ1v) is 6.80. The Morgan fingerprint density at radius 1 is 1.11 bits per heavy atom. The average molecular weight is 260 g/mol. The van der Waals surface area contributed by atoms with Gasteiger partial charge in [0, 0.05) is 17.8 Å². The van der Waals surface area contributed by atoms with Crippen LogP contribution in [0.2, 0.25) is 0 Å². The Bertz CT molecular complexity index is 478. The van der Waals surface area contributed by atoms with E-state index in [2.05, 4.69) is 43.1 Å². The minimum atomic E-state index is -0.0363. The van der Waals surface area contributed by atoms with Gasteiger partial charge in [0.1, 0.15) is 0 Å². The highest BCUT2D eigenvalue weighted by molar-refractivity contribution is 6.21. The van der Waals surface area contributed by atoms with Crippen molar-refractivity contribution in [3.63, 3.8) is 0 Å². The van der Waals surface area contributed by atoms with Gasteiger partial charge in [-0.2, -0.15) is 0 Å². The number of aryl methyl sites for hydroxylation is 1. The molecular weight excluding hydrogens is 242 g/mol. The van der Waals surface area contributed by atoms with E-state index in [0.29, 0.717) is 0 Å². The highest BCUT2D eigenvalue weighted by atomic mass is 35.5. The lowest BCUT2D eigenvalue weighted by atomic mass is 9.96. The first kappa shape index (κ1) is 13.1. The molecule has 1 nitrogen and oxygen atoms in total. The molecule has 0 saturated carbocycles. The molecule has 94 valence electrons. The molecule has 2 heteroatoms. The lowest BCUT2D eigenvalue weighted by Gasteiger charge is -2.18. The second kappa shape index (κ2) is 6.01. The Morgan fingerprint density at radius 2 is 1.83 bits per heavy atom. The second-order valence-electron chi connectivity index (χ2n) is 4.54. The maximum Gasteiger partial charge on any atom is 0.0666 e. The van der Waals surface area contributed by atoms with Gasteiger partial charge in [-0.05, 0) is 29.7 Å². The summed E-state index contributed by atoms with van der Waals surface area (Å²) >= 11 is 6.55. The third-order valence-electron chi connectivity index (χ3n) is 3.30.